The highest BCUT2D eigenvalue weighted by Gasteiger charge is 2.27. The summed E-state index contributed by atoms with van der Waals surface area (Å²) < 4.78 is 29.7. The third-order valence-electron chi connectivity index (χ3n) is 5.85. The lowest BCUT2D eigenvalue weighted by Crippen LogP contribution is -2.16. The molecule has 1 aliphatic carbocycles. The number of benzene rings is 3. The fourth-order valence-electron chi connectivity index (χ4n) is 4.18. The Balaban J connectivity index is 1.38. The molecule has 1 aliphatic rings. The number of hydrogen-bond acceptors (Lipinski definition) is 4. The molecular weight excluding hydrogens is 448 g/mol. The zero-order valence-corrected chi connectivity index (χ0v) is 19.5. The van der Waals surface area contributed by atoms with E-state index in [4.69, 9.17) is 0 Å². The number of nitrogens with zero attached hydrogens (tertiary/aromatic N) is 2. The van der Waals surface area contributed by atoms with Gasteiger partial charge in [0, 0.05) is 16.9 Å². The lowest BCUT2D eigenvalue weighted by molar-refractivity contribution is 0.102. The molecule has 0 spiro atoms. The van der Waals surface area contributed by atoms with Gasteiger partial charge in [0.25, 0.3) is 15.9 Å². The molecule has 1 heterocycles. The van der Waals surface area contributed by atoms with Crippen LogP contribution >= 0.6 is 0 Å². The third-order valence-corrected chi connectivity index (χ3v) is 7.25. The molecule has 3 aromatic carbocycles. The van der Waals surface area contributed by atoms with Crippen LogP contribution in [-0.2, 0) is 22.9 Å². The first-order chi connectivity index (χ1) is 16.4. The Hall–Kier alpha value is -3.91. The summed E-state index contributed by atoms with van der Waals surface area (Å²) in [7, 11) is -3.73. The van der Waals surface area contributed by atoms with Gasteiger partial charge in [-0.25, -0.2) is 13.1 Å². The number of carbonyl (C=O) groups is 1. The van der Waals surface area contributed by atoms with Gasteiger partial charge in [-0.3, -0.25) is 9.52 Å². The van der Waals surface area contributed by atoms with Crippen molar-refractivity contribution >= 4 is 27.3 Å². The number of sulfonamides is 1. The first kappa shape index (κ1) is 21.9. The van der Waals surface area contributed by atoms with E-state index in [-0.39, 0.29) is 10.8 Å². The van der Waals surface area contributed by atoms with Crippen LogP contribution in [-0.4, -0.2) is 24.1 Å². The van der Waals surface area contributed by atoms with Gasteiger partial charge in [0.2, 0.25) is 0 Å². The molecule has 0 unspecified atom stereocenters. The number of rotatable bonds is 6. The summed E-state index contributed by atoms with van der Waals surface area (Å²) in [5.74, 6) is -0.313. The molecule has 5 rings (SSSR count). The van der Waals surface area contributed by atoms with E-state index < -0.39 is 10.0 Å². The summed E-state index contributed by atoms with van der Waals surface area (Å²) in [6, 6.07) is 22.8. The van der Waals surface area contributed by atoms with Crippen LogP contribution in [0.15, 0.2) is 83.8 Å². The molecule has 0 aliphatic heterocycles. The van der Waals surface area contributed by atoms with Crippen molar-refractivity contribution in [3.05, 3.63) is 101 Å². The number of nitrogens with one attached hydrogen (secondary N) is 2. The molecule has 0 bridgehead atoms. The van der Waals surface area contributed by atoms with Gasteiger partial charge in [0.15, 0.2) is 5.69 Å². The maximum atomic E-state index is 13.2. The minimum atomic E-state index is -3.73. The summed E-state index contributed by atoms with van der Waals surface area (Å²) in [5, 5.41) is 7.52. The van der Waals surface area contributed by atoms with Gasteiger partial charge < -0.3 is 5.32 Å². The van der Waals surface area contributed by atoms with Crippen molar-refractivity contribution in [2.75, 3.05) is 10.0 Å². The van der Waals surface area contributed by atoms with Crippen LogP contribution in [0.1, 0.15) is 33.7 Å². The second-order valence-corrected chi connectivity index (χ2v) is 10.0. The monoisotopic (exact) mass is 472 g/mol. The van der Waals surface area contributed by atoms with Crippen molar-refractivity contribution in [1.29, 1.82) is 0 Å². The molecule has 1 aromatic heterocycles. The van der Waals surface area contributed by atoms with Crippen molar-refractivity contribution in [3.63, 3.8) is 0 Å². The minimum Gasteiger partial charge on any atom is -0.321 e. The largest absolute Gasteiger partial charge is 0.321 e. The van der Waals surface area contributed by atoms with E-state index in [9.17, 15) is 13.2 Å². The molecular formula is C26H24N4O3S. The first-order valence-electron chi connectivity index (χ1n) is 11.1. The highest BCUT2D eigenvalue weighted by molar-refractivity contribution is 7.92. The van der Waals surface area contributed by atoms with Crippen molar-refractivity contribution < 1.29 is 13.2 Å². The molecule has 172 valence electrons. The van der Waals surface area contributed by atoms with Crippen LogP contribution in [0.25, 0.3) is 5.69 Å². The average molecular weight is 473 g/mol. The molecule has 34 heavy (non-hydrogen) atoms. The minimum absolute atomic E-state index is 0.168. The van der Waals surface area contributed by atoms with Gasteiger partial charge in [-0.1, -0.05) is 42.0 Å². The van der Waals surface area contributed by atoms with Gasteiger partial charge in [0.05, 0.1) is 16.3 Å². The fraction of sp³-hybridized carbons (Fsp3) is 0.154. The van der Waals surface area contributed by atoms with Crippen molar-refractivity contribution in [2.24, 2.45) is 0 Å². The highest BCUT2D eigenvalue weighted by atomic mass is 32.2. The molecule has 0 radical (unpaired) electrons. The smallest absolute Gasteiger partial charge is 0.276 e. The lowest BCUT2D eigenvalue weighted by Gasteiger charge is -2.10. The summed E-state index contributed by atoms with van der Waals surface area (Å²) in [6.07, 6.45) is 2.66. The molecule has 4 aromatic rings. The molecule has 0 atom stereocenters. The summed E-state index contributed by atoms with van der Waals surface area (Å²) in [6.45, 7) is 2.03. The number of aryl methyl sites for hydroxylation is 1. The molecule has 1 amide bonds. The number of fused-ring (bicyclic) bond motifs is 1. The molecule has 8 heteroatoms. The fourth-order valence-corrected chi connectivity index (χ4v) is 5.25. The second kappa shape index (κ2) is 8.79. The standard InChI is InChI=1S/C26H24N4O3S/c1-18-13-15-21(16-14-18)30-24-12-6-11-23(24)25(28-30)26(31)27-19-7-5-8-20(17-19)29-34(32,33)22-9-3-2-4-10-22/h2-5,7-10,13-17,29H,6,11-12H2,1H3,(H,27,31). The molecule has 0 saturated heterocycles. The van der Waals surface area contributed by atoms with E-state index in [1.807, 2.05) is 35.9 Å². The van der Waals surface area contributed by atoms with E-state index in [0.29, 0.717) is 17.1 Å². The van der Waals surface area contributed by atoms with E-state index >= 15 is 0 Å². The van der Waals surface area contributed by atoms with Crippen LogP contribution in [0.3, 0.4) is 0 Å². The average Bonchev–Trinajstić information content (AvgIpc) is 3.43. The lowest BCUT2D eigenvalue weighted by atomic mass is 10.2. The maximum absolute atomic E-state index is 13.2. The first-order valence-corrected chi connectivity index (χ1v) is 12.6. The Morgan fingerprint density at radius 3 is 2.41 bits per heavy atom. The quantitative estimate of drug-likeness (QED) is 0.425. The number of hydrogen-bond donors (Lipinski definition) is 2. The number of carbonyl (C=O) groups excluding carboxylic acids is 1. The highest BCUT2D eigenvalue weighted by Crippen LogP contribution is 2.29. The normalized spacial score (nSPS) is 12.9. The van der Waals surface area contributed by atoms with Crippen LogP contribution in [0, 0.1) is 6.92 Å². The molecule has 7 nitrogen and oxygen atoms in total. The van der Waals surface area contributed by atoms with Crippen LogP contribution in [0.4, 0.5) is 11.4 Å². The Morgan fingerprint density at radius 2 is 1.65 bits per heavy atom. The summed E-state index contributed by atoms with van der Waals surface area (Å²) in [5.41, 5.74) is 5.38. The SMILES string of the molecule is Cc1ccc(-n2nc(C(=O)Nc3cccc(NS(=O)(=O)c4ccccc4)c3)c3c2CCC3)cc1. The maximum Gasteiger partial charge on any atom is 0.276 e. The molecule has 0 saturated carbocycles. The number of anilines is 2. The van der Waals surface area contributed by atoms with Crippen molar-refractivity contribution in [3.8, 4) is 5.69 Å². The topological polar surface area (TPSA) is 93.1 Å². The second-order valence-electron chi connectivity index (χ2n) is 8.33. The molecule has 0 fully saturated rings. The van der Waals surface area contributed by atoms with Gasteiger partial charge in [-0.2, -0.15) is 5.10 Å². The molecule has 2 N–H and O–H groups in total. The predicted octanol–water partition coefficient (Wildman–Crippen LogP) is 4.72. The van der Waals surface area contributed by atoms with E-state index in [0.717, 1.165) is 41.8 Å². The Labute approximate surface area is 198 Å². The zero-order chi connectivity index (χ0) is 23.7. The van der Waals surface area contributed by atoms with Crippen LogP contribution in [0.5, 0.6) is 0 Å². The summed E-state index contributed by atoms with van der Waals surface area (Å²) >= 11 is 0. The van der Waals surface area contributed by atoms with Gasteiger partial charge in [-0.05, 0) is 68.7 Å². The predicted molar refractivity (Wildman–Crippen MR) is 132 cm³/mol. The number of amides is 1. The summed E-state index contributed by atoms with van der Waals surface area (Å²) in [4.78, 5) is 13.3. The Kier molecular flexibility index (Phi) is 5.67. The van der Waals surface area contributed by atoms with Crippen LogP contribution < -0.4 is 10.0 Å². The van der Waals surface area contributed by atoms with E-state index in [1.165, 1.54) is 12.1 Å². The number of aromatic nitrogens is 2. The zero-order valence-electron chi connectivity index (χ0n) is 18.7. The van der Waals surface area contributed by atoms with E-state index in [2.05, 4.69) is 15.1 Å². The van der Waals surface area contributed by atoms with Crippen molar-refractivity contribution in [2.45, 2.75) is 31.1 Å². The third kappa shape index (κ3) is 4.32. The van der Waals surface area contributed by atoms with Gasteiger partial charge >= 0.3 is 0 Å². The Bertz CT molecular complexity index is 1460. The Morgan fingerprint density at radius 1 is 0.912 bits per heavy atom. The van der Waals surface area contributed by atoms with Gasteiger partial charge in [0.1, 0.15) is 0 Å². The van der Waals surface area contributed by atoms with Crippen LogP contribution in [0.2, 0.25) is 0 Å². The van der Waals surface area contributed by atoms with E-state index in [1.54, 1.807) is 42.5 Å². The van der Waals surface area contributed by atoms with Crippen molar-refractivity contribution in [1.82, 2.24) is 9.78 Å². The van der Waals surface area contributed by atoms with Gasteiger partial charge in [-0.15, -0.1) is 0 Å².